The quantitative estimate of drug-likeness (QED) is 0.300. The van der Waals surface area contributed by atoms with Crippen molar-refractivity contribution in [1.29, 1.82) is 0 Å². The van der Waals surface area contributed by atoms with E-state index in [-0.39, 0.29) is 41.8 Å². The molecule has 27 heavy (non-hydrogen) atoms. The molecule has 9 heteroatoms. The van der Waals surface area contributed by atoms with Crippen LogP contribution in [0.2, 0.25) is 0 Å². The number of aliphatic imine (C=N–C) groups is 1. The largest absolute Gasteiger partial charge is 0.469 e. The highest BCUT2D eigenvalue weighted by Gasteiger charge is 2.37. The summed E-state index contributed by atoms with van der Waals surface area (Å²) in [6.07, 6.45) is 4.86. The molecule has 1 saturated carbocycles. The van der Waals surface area contributed by atoms with Crippen molar-refractivity contribution in [2.75, 3.05) is 20.2 Å². The monoisotopic (exact) mass is 490 g/mol. The Morgan fingerprint density at radius 1 is 1.30 bits per heavy atom. The molecule has 1 saturated heterocycles. The van der Waals surface area contributed by atoms with Crippen molar-refractivity contribution in [3.05, 3.63) is 11.6 Å². The second-order valence-electron chi connectivity index (χ2n) is 7.50. The summed E-state index contributed by atoms with van der Waals surface area (Å²) in [7, 11) is 3.41. The summed E-state index contributed by atoms with van der Waals surface area (Å²) in [5, 5.41) is 11.9. The van der Waals surface area contributed by atoms with Gasteiger partial charge in [0, 0.05) is 26.2 Å². The van der Waals surface area contributed by atoms with Gasteiger partial charge in [-0.3, -0.25) is 4.79 Å². The molecule has 2 atom stereocenters. The number of esters is 1. The van der Waals surface area contributed by atoms with Crippen molar-refractivity contribution in [3.63, 3.8) is 0 Å². The van der Waals surface area contributed by atoms with Crippen LogP contribution in [0.4, 0.5) is 0 Å². The van der Waals surface area contributed by atoms with E-state index in [0.717, 1.165) is 24.2 Å². The van der Waals surface area contributed by atoms with Crippen LogP contribution in [-0.4, -0.2) is 57.8 Å². The second-order valence-corrected chi connectivity index (χ2v) is 7.50. The number of halogens is 1. The number of nitrogens with one attached hydrogen (secondary N) is 1. The van der Waals surface area contributed by atoms with Gasteiger partial charge in [0.25, 0.3) is 0 Å². The van der Waals surface area contributed by atoms with Gasteiger partial charge in [-0.15, -0.1) is 34.2 Å². The Hall–Kier alpha value is -1.39. The number of rotatable bonds is 4. The van der Waals surface area contributed by atoms with Crippen LogP contribution in [0.15, 0.2) is 4.99 Å². The lowest BCUT2D eigenvalue weighted by Crippen LogP contribution is -2.44. The normalized spacial score (nSPS) is 23.4. The third-order valence-electron chi connectivity index (χ3n) is 5.66. The van der Waals surface area contributed by atoms with E-state index in [4.69, 9.17) is 9.73 Å². The lowest BCUT2D eigenvalue weighted by Gasteiger charge is -2.25. The SMILES string of the molecule is COC(=O)C1CN(C(=NCc2nnc(C)n2C)NC2CCCC2)CC1C.I. The Labute approximate surface area is 178 Å². The highest BCUT2D eigenvalue weighted by molar-refractivity contribution is 14.0. The van der Waals surface area contributed by atoms with Crippen LogP contribution >= 0.6 is 24.0 Å². The summed E-state index contributed by atoms with van der Waals surface area (Å²) in [5.41, 5.74) is 0. The minimum Gasteiger partial charge on any atom is -0.469 e. The predicted molar refractivity (Wildman–Crippen MR) is 114 cm³/mol. The number of carbonyl (C=O) groups excluding carboxylic acids is 1. The van der Waals surface area contributed by atoms with Crippen LogP contribution in [0, 0.1) is 18.8 Å². The molecule has 2 heterocycles. The van der Waals surface area contributed by atoms with Gasteiger partial charge < -0.3 is 19.5 Å². The van der Waals surface area contributed by atoms with E-state index in [2.05, 4.69) is 27.3 Å². The van der Waals surface area contributed by atoms with Crippen molar-refractivity contribution in [1.82, 2.24) is 25.0 Å². The number of ether oxygens (including phenoxy) is 1. The summed E-state index contributed by atoms with van der Waals surface area (Å²) in [6.45, 7) is 5.95. The van der Waals surface area contributed by atoms with Crippen LogP contribution in [0.25, 0.3) is 0 Å². The first-order valence-electron chi connectivity index (χ1n) is 9.48. The van der Waals surface area contributed by atoms with E-state index in [9.17, 15) is 4.79 Å². The summed E-state index contributed by atoms with van der Waals surface area (Å²) in [4.78, 5) is 19.0. The van der Waals surface area contributed by atoms with Gasteiger partial charge in [0.05, 0.1) is 13.0 Å². The Morgan fingerprint density at radius 3 is 2.59 bits per heavy atom. The van der Waals surface area contributed by atoms with E-state index >= 15 is 0 Å². The van der Waals surface area contributed by atoms with Gasteiger partial charge in [0.1, 0.15) is 12.4 Å². The van der Waals surface area contributed by atoms with Gasteiger partial charge in [-0.05, 0) is 25.7 Å². The Balaban J connectivity index is 0.00000261. The minimum absolute atomic E-state index is 0. The maximum atomic E-state index is 12.0. The lowest BCUT2D eigenvalue weighted by molar-refractivity contribution is -0.145. The van der Waals surface area contributed by atoms with E-state index in [1.54, 1.807) is 0 Å². The van der Waals surface area contributed by atoms with Crippen molar-refractivity contribution in [2.24, 2.45) is 23.9 Å². The van der Waals surface area contributed by atoms with Gasteiger partial charge in [0.2, 0.25) is 0 Å². The minimum atomic E-state index is -0.135. The van der Waals surface area contributed by atoms with E-state index in [1.165, 1.54) is 32.8 Å². The molecule has 1 aromatic rings. The lowest BCUT2D eigenvalue weighted by atomic mass is 9.99. The zero-order chi connectivity index (χ0) is 18.7. The third kappa shape index (κ3) is 5.11. The van der Waals surface area contributed by atoms with Crippen molar-refractivity contribution in [3.8, 4) is 0 Å². The number of carbonyl (C=O) groups is 1. The van der Waals surface area contributed by atoms with E-state index in [0.29, 0.717) is 19.1 Å². The molecule has 152 valence electrons. The van der Waals surface area contributed by atoms with Gasteiger partial charge in [-0.1, -0.05) is 19.8 Å². The molecule has 2 unspecified atom stereocenters. The molecule has 2 fully saturated rings. The maximum absolute atomic E-state index is 12.0. The number of hydrogen-bond acceptors (Lipinski definition) is 5. The number of hydrogen-bond donors (Lipinski definition) is 1. The fourth-order valence-corrected chi connectivity index (χ4v) is 3.82. The average Bonchev–Trinajstić information content (AvgIpc) is 3.34. The maximum Gasteiger partial charge on any atom is 0.310 e. The molecule has 0 radical (unpaired) electrons. The van der Waals surface area contributed by atoms with Crippen molar-refractivity contribution >= 4 is 35.9 Å². The predicted octanol–water partition coefficient (Wildman–Crippen LogP) is 1.87. The molecule has 2 aliphatic rings. The highest BCUT2D eigenvalue weighted by Crippen LogP contribution is 2.25. The van der Waals surface area contributed by atoms with Crippen LogP contribution in [0.5, 0.6) is 0 Å². The highest BCUT2D eigenvalue weighted by atomic mass is 127. The molecule has 3 rings (SSSR count). The number of nitrogens with zero attached hydrogens (tertiary/aromatic N) is 5. The Kier molecular flexibility index (Phi) is 7.87. The molecule has 1 aliphatic carbocycles. The molecule has 1 aromatic heterocycles. The summed E-state index contributed by atoms with van der Waals surface area (Å²) in [5.74, 6) is 2.59. The summed E-state index contributed by atoms with van der Waals surface area (Å²) in [6, 6.07) is 0.461. The molecule has 0 bridgehead atoms. The second kappa shape index (κ2) is 9.70. The first-order valence-corrected chi connectivity index (χ1v) is 9.48. The number of likely N-dealkylation sites (tertiary alicyclic amines) is 1. The molecule has 0 amide bonds. The van der Waals surface area contributed by atoms with Crippen molar-refractivity contribution in [2.45, 2.75) is 52.1 Å². The van der Waals surface area contributed by atoms with Gasteiger partial charge in [-0.2, -0.15) is 0 Å². The van der Waals surface area contributed by atoms with Crippen LogP contribution < -0.4 is 5.32 Å². The van der Waals surface area contributed by atoms with Gasteiger partial charge >= 0.3 is 5.97 Å². The molecule has 0 spiro atoms. The third-order valence-corrected chi connectivity index (χ3v) is 5.66. The number of methoxy groups -OCH3 is 1. The Morgan fingerprint density at radius 2 is 2.00 bits per heavy atom. The molecule has 1 aliphatic heterocycles. The van der Waals surface area contributed by atoms with Gasteiger partial charge in [0.15, 0.2) is 11.8 Å². The zero-order valence-electron chi connectivity index (χ0n) is 16.6. The summed E-state index contributed by atoms with van der Waals surface area (Å²) >= 11 is 0. The molecular weight excluding hydrogens is 459 g/mol. The van der Waals surface area contributed by atoms with E-state index < -0.39 is 0 Å². The average molecular weight is 490 g/mol. The molecule has 0 aromatic carbocycles. The first kappa shape index (κ1) is 21.9. The standard InChI is InChI=1S/C18H30N6O2.HI/c1-12-10-24(11-15(12)17(25)26-4)18(20-14-7-5-6-8-14)19-9-16-22-21-13(2)23(16)3;/h12,14-15H,5-11H2,1-4H3,(H,19,20);1H. The van der Waals surface area contributed by atoms with Crippen molar-refractivity contribution < 1.29 is 9.53 Å². The Bertz CT molecular complexity index is 671. The van der Waals surface area contributed by atoms with Gasteiger partial charge in [-0.25, -0.2) is 4.99 Å². The smallest absolute Gasteiger partial charge is 0.310 e. The van der Waals surface area contributed by atoms with Crippen LogP contribution in [-0.2, 0) is 23.1 Å². The van der Waals surface area contributed by atoms with E-state index in [1.807, 2.05) is 18.5 Å². The first-order chi connectivity index (χ1) is 12.5. The number of guanidine groups is 1. The van der Waals surface area contributed by atoms with Crippen LogP contribution in [0.3, 0.4) is 0 Å². The fraction of sp³-hybridized carbons (Fsp3) is 0.778. The number of aromatic nitrogens is 3. The topological polar surface area (TPSA) is 84.6 Å². The number of aryl methyl sites for hydroxylation is 1. The molecule has 1 N–H and O–H groups in total. The summed E-state index contributed by atoms with van der Waals surface area (Å²) < 4.78 is 6.93. The zero-order valence-corrected chi connectivity index (χ0v) is 19.0. The van der Waals surface area contributed by atoms with Crippen LogP contribution in [0.1, 0.15) is 44.3 Å². The fourth-order valence-electron chi connectivity index (χ4n) is 3.82. The molecule has 8 nitrogen and oxygen atoms in total. The molecular formula is C18H31IN6O2.